The molecule has 0 amide bonds. The number of anilines is 2. The van der Waals surface area contributed by atoms with Crippen molar-refractivity contribution in [3.05, 3.63) is 52.6 Å². The van der Waals surface area contributed by atoms with E-state index < -0.39 is 23.5 Å². The Balaban J connectivity index is 1.56. The number of alkyl halides is 3. The highest BCUT2D eigenvalue weighted by molar-refractivity contribution is 5.98. The van der Waals surface area contributed by atoms with E-state index >= 15 is 0 Å². The lowest BCUT2D eigenvalue weighted by atomic mass is 9.97. The van der Waals surface area contributed by atoms with E-state index in [1.165, 1.54) is 12.1 Å². The van der Waals surface area contributed by atoms with Crippen molar-refractivity contribution in [1.82, 2.24) is 15.0 Å². The first-order valence-electron chi connectivity index (χ1n) is 10.1. The minimum absolute atomic E-state index is 0.00968. The predicted octanol–water partition coefficient (Wildman–Crippen LogP) is 4.57. The molecular weight excluding hydrogens is 426 g/mol. The Kier molecular flexibility index (Phi) is 4.61. The first-order valence-corrected chi connectivity index (χ1v) is 10.1. The van der Waals surface area contributed by atoms with Crippen LogP contribution in [0, 0.1) is 11.7 Å². The third-order valence-corrected chi connectivity index (χ3v) is 5.98. The van der Waals surface area contributed by atoms with Gasteiger partial charge < -0.3 is 20.6 Å². The van der Waals surface area contributed by atoms with Crippen LogP contribution in [0.15, 0.2) is 41.2 Å². The van der Waals surface area contributed by atoms with Gasteiger partial charge in [-0.1, -0.05) is 6.07 Å². The fourth-order valence-corrected chi connectivity index (χ4v) is 4.36. The number of hydrogen-bond acceptors (Lipinski definition) is 4. The van der Waals surface area contributed by atoms with Crippen molar-refractivity contribution < 1.29 is 17.6 Å². The molecule has 1 fully saturated rings. The van der Waals surface area contributed by atoms with Gasteiger partial charge in [-0.15, -0.1) is 0 Å². The lowest BCUT2D eigenvalue weighted by molar-refractivity contribution is -0.175. The van der Waals surface area contributed by atoms with Gasteiger partial charge in [0.2, 0.25) is 0 Å². The number of nitrogens with one attached hydrogen (secondary N) is 2. The number of hydrogen-bond donors (Lipinski definition) is 3. The summed E-state index contributed by atoms with van der Waals surface area (Å²) in [5.41, 5.74) is 7.56. The number of aromatic amines is 2. The second-order valence-electron chi connectivity index (χ2n) is 8.02. The monoisotopic (exact) mass is 445 g/mol. The van der Waals surface area contributed by atoms with E-state index in [9.17, 15) is 22.4 Å². The zero-order valence-corrected chi connectivity index (χ0v) is 16.8. The van der Waals surface area contributed by atoms with Gasteiger partial charge in [-0.2, -0.15) is 13.2 Å². The molecule has 10 heteroatoms. The van der Waals surface area contributed by atoms with E-state index in [0.29, 0.717) is 29.7 Å². The van der Waals surface area contributed by atoms with E-state index in [1.54, 1.807) is 29.2 Å². The van der Waals surface area contributed by atoms with E-state index in [0.717, 1.165) is 0 Å². The van der Waals surface area contributed by atoms with E-state index in [2.05, 4.69) is 15.0 Å². The molecular formula is C22H19F4N5O. The second-order valence-corrected chi connectivity index (χ2v) is 8.02. The molecule has 1 aliphatic rings. The maximum Gasteiger partial charge on any atom is 0.393 e. The molecule has 0 aliphatic carbocycles. The van der Waals surface area contributed by atoms with E-state index in [4.69, 9.17) is 5.73 Å². The first-order chi connectivity index (χ1) is 15.2. The summed E-state index contributed by atoms with van der Waals surface area (Å²) in [5.74, 6) is -1.77. The van der Waals surface area contributed by atoms with Crippen molar-refractivity contribution >= 4 is 33.3 Å². The summed E-state index contributed by atoms with van der Waals surface area (Å²) in [4.78, 5) is 24.4. The number of aromatic nitrogens is 3. The first kappa shape index (κ1) is 20.3. The molecule has 4 aromatic rings. The van der Waals surface area contributed by atoms with Crippen LogP contribution >= 0.6 is 0 Å². The van der Waals surface area contributed by atoms with Crippen molar-refractivity contribution in [3.8, 4) is 11.4 Å². The zero-order chi connectivity index (χ0) is 22.6. The summed E-state index contributed by atoms with van der Waals surface area (Å²) in [6, 6.07) is 9.36. The maximum atomic E-state index is 14.3. The van der Waals surface area contributed by atoms with Crippen LogP contribution in [0.3, 0.4) is 0 Å². The van der Waals surface area contributed by atoms with Gasteiger partial charge in [-0.25, -0.2) is 9.37 Å². The number of H-pyrrole nitrogens is 2. The number of nitrogens with zero attached hydrogens (tertiary/aromatic N) is 2. The molecule has 0 radical (unpaired) electrons. The number of nitrogens with two attached hydrogens (primary N) is 1. The van der Waals surface area contributed by atoms with Gasteiger partial charge in [0.05, 0.1) is 33.5 Å². The van der Waals surface area contributed by atoms with E-state index in [1.807, 2.05) is 0 Å². The number of nitrogen functional groups attached to an aromatic ring is 1. The molecule has 4 N–H and O–H groups in total. The van der Waals surface area contributed by atoms with Gasteiger partial charge >= 0.3 is 6.18 Å². The third kappa shape index (κ3) is 3.35. The Hall–Kier alpha value is -3.56. The predicted molar refractivity (Wildman–Crippen MR) is 115 cm³/mol. The SMILES string of the molecule is Nc1c(-c2nc3ccc(N4CCCC(C(F)(F)F)C4)cc3[nH]2)c(=O)[nH]c2cccc(F)c12. The topological polar surface area (TPSA) is 90.8 Å². The maximum absolute atomic E-state index is 14.3. The molecule has 6 nitrogen and oxygen atoms in total. The number of pyridine rings is 1. The molecule has 32 heavy (non-hydrogen) atoms. The Morgan fingerprint density at radius 1 is 1.12 bits per heavy atom. The van der Waals surface area contributed by atoms with Crippen LogP contribution < -0.4 is 16.2 Å². The summed E-state index contributed by atoms with van der Waals surface area (Å²) in [6.07, 6.45) is -3.66. The van der Waals surface area contributed by atoms with Crippen molar-refractivity contribution in [3.63, 3.8) is 0 Å². The molecule has 1 saturated heterocycles. The Labute approximate surface area is 179 Å². The number of benzene rings is 2. The highest BCUT2D eigenvalue weighted by Gasteiger charge is 2.41. The molecule has 0 spiro atoms. The van der Waals surface area contributed by atoms with Gasteiger partial charge in [0, 0.05) is 18.8 Å². The molecule has 2 aromatic heterocycles. The average Bonchev–Trinajstić information content (AvgIpc) is 3.15. The molecule has 0 saturated carbocycles. The van der Waals surface area contributed by atoms with Crippen molar-refractivity contribution in [2.45, 2.75) is 19.0 Å². The summed E-state index contributed by atoms with van der Waals surface area (Å²) in [7, 11) is 0. The van der Waals surface area contributed by atoms with Crippen LogP contribution in [0.2, 0.25) is 0 Å². The van der Waals surface area contributed by atoms with Gasteiger partial charge in [0.25, 0.3) is 5.56 Å². The highest BCUT2D eigenvalue weighted by Crippen LogP contribution is 2.36. The summed E-state index contributed by atoms with van der Waals surface area (Å²) in [6.45, 7) is 0.419. The molecule has 166 valence electrons. The Bertz CT molecular complexity index is 1390. The van der Waals surface area contributed by atoms with Crippen molar-refractivity contribution in [2.24, 2.45) is 5.92 Å². The van der Waals surface area contributed by atoms with Crippen LogP contribution in [0.4, 0.5) is 28.9 Å². The molecule has 1 aliphatic heterocycles. The number of fused-ring (bicyclic) bond motifs is 2. The van der Waals surface area contributed by atoms with Gasteiger partial charge in [-0.3, -0.25) is 4.79 Å². The number of piperidine rings is 1. The van der Waals surface area contributed by atoms with Gasteiger partial charge in [0.15, 0.2) is 0 Å². The lowest BCUT2D eigenvalue weighted by Gasteiger charge is -2.35. The number of imidazole rings is 1. The summed E-state index contributed by atoms with van der Waals surface area (Å²) < 4.78 is 53.9. The molecule has 2 aromatic carbocycles. The minimum Gasteiger partial charge on any atom is -0.397 e. The average molecular weight is 445 g/mol. The molecule has 0 bridgehead atoms. The summed E-state index contributed by atoms with van der Waals surface area (Å²) >= 11 is 0. The highest BCUT2D eigenvalue weighted by atomic mass is 19.4. The van der Waals surface area contributed by atoms with Crippen LogP contribution in [0.25, 0.3) is 33.3 Å². The van der Waals surface area contributed by atoms with Crippen LogP contribution in [-0.4, -0.2) is 34.2 Å². The Morgan fingerprint density at radius 3 is 2.72 bits per heavy atom. The summed E-state index contributed by atoms with van der Waals surface area (Å²) in [5, 5.41) is 0.0924. The van der Waals surface area contributed by atoms with Gasteiger partial charge in [-0.05, 0) is 43.2 Å². The number of rotatable bonds is 2. The quantitative estimate of drug-likeness (QED) is 0.394. The van der Waals surface area contributed by atoms with Crippen molar-refractivity contribution in [1.29, 1.82) is 0 Å². The standard InChI is InChI=1S/C22H19F4N5O/c23-13-4-1-5-15-17(13)19(27)18(21(32)30-15)20-28-14-7-6-12(9-16(14)29-20)31-8-2-3-11(10-31)22(24,25)26/h1,4-7,9,11H,2-3,8,10H2,(H,28,29)(H3,27,30,32). The molecule has 5 rings (SSSR count). The van der Waals surface area contributed by atoms with E-state index in [-0.39, 0.29) is 40.9 Å². The normalized spacial score (nSPS) is 17.4. The lowest BCUT2D eigenvalue weighted by Crippen LogP contribution is -2.41. The largest absolute Gasteiger partial charge is 0.397 e. The smallest absolute Gasteiger partial charge is 0.393 e. The van der Waals surface area contributed by atoms with Crippen LogP contribution in [0.5, 0.6) is 0 Å². The molecule has 1 unspecified atom stereocenters. The second kappa shape index (κ2) is 7.25. The third-order valence-electron chi connectivity index (χ3n) is 5.98. The fourth-order valence-electron chi connectivity index (χ4n) is 4.36. The Morgan fingerprint density at radius 2 is 1.94 bits per heavy atom. The zero-order valence-electron chi connectivity index (χ0n) is 16.8. The number of halogens is 4. The van der Waals surface area contributed by atoms with Crippen LogP contribution in [0.1, 0.15) is 12.8 Å². The fraction of sp³-hybridized carbons (Fsp3) is 0.273. The van der Waals surface area contributed by atoms with Crippen LogP contribution in [-0.2, 0) is 0 Å². The van der Waals surface area contributed by atoms with Gasteiger partial charge in [0.1, 0.15) is 17.2 Å². The molecule has 1 atom stereocenters. The van der Waals surface area contributed by atoms with Crippen molar-refractivity contribution in [2.75, 3.05) is 23.7 Å². The molecule has 3 heterocycles. The minimum atomic E-state index is -4.23.